The molecule has 3 aromatic rings. The second-order valence-corrected chi connectivity index (χ2v) is 7.07. The van der Waals surface area contributed by atoms with Gasteiger partial charge in [0.15, 0.2) is 11.9 Å². The van der Waals surface area contributed by atoms with E-state index in [9.17, 15) is 23.2 Å². The molecular formula is C22H12ClF3N3O3+. The summed E-state index contributed by atoms with van der Waals surface area (Å²) in [5.74, 6) is -0.891. The number of carbonyl (C=O) groups excluding carboxylic acids is 1. The van der Waals surface area contributed by atoms with Crippen molar-refractivity contribution in [2.24, 2.45) is 0 Å². The fourth-order valence-corrected chi connectivity index (χ4v) is 3.17. The Morgan fingerprint density at radius 3 is 2.28 bits per heavy atom. The molecule has 1 unspecified atom stereocenters. The molecule has 0 aliphatic carbocycles. The van der Waals surface area contributed by atoms with Gasteiger partial charge >= 0.3 is 18.3 Å². The van der Waals surface area contributed by atoms with Gasteiger partial charge in [-0.25, -0.2) is 9.78 Å². The Hall–Kier alpha value is -3.87. The van der Waals surface area contributed by atoms with E-state index in [1.807, 2.05) is 6.19 Å². The number of ether oxygens (including phenoxy) is 2. The minimum Gasteiger partial charge on any atom is -0.443 e. The Morgan fingerprint density at radius 2 is 1.69 bits per heavy atom. The summed E-state index contributed by atoms with van der Waals surface area (Å²) in [6.07, 6.45) is -0.155. The average Bonchev–Trinajstić information content (AvgIpc) is 2.77. The first-order valence-corrected chi connectivity index (χ1v) is 9.43. The normalized spacial score (nSPS) is 17.7. The molecule has 32 heavy (non-hydrogen) atoms. The fraction of sp³-hybridized carbons (Fsp3) is 0.0455. The SMILES string of the molecule is N#C[N+]1(c2cccc(Cl)c2)C=C(Oc2ccc(Oc3ncccc3C(F)(F)F)cc2)C1=O. The van der Waals surface area contributed by atoms with Crippen molar-refractivity contribution in [3.05, 3.63) is 89.4 Å². The Kier molecular flexibility index (Phi) is 5.34. The van der Waals surface area contributed by atoms with E-state index in [0.717, 1.165) is 6.07 Å². The number of carbonyl (C=O) groups is 1. The van der Waals surface area contributed by atoms with E-state index < -0.39 is 28.0 Å². The van der Waals surface area contributed by atoms with Gasteiger partial charge in [0, 0.05) is 23.4 Å². The van der Waals surface area contributed by atoms with Crippen LogP contribution in [0, 0.1) is 11.5 Å². The van der Waals surface area contributed by atoms with E-state index in [1.54, 1.807) is 18.2 Å². The van der Waals surface area contributed by atoms with Crippen molar-refractivity contribution >= 4 is 23.2 Å². The number of aromatic nitrogens is 1. The Balaban J connectivity index is 1.50. The first kappa shape index (κ1) is 21.4. The number of alkyl halides is 3. The molecule has 1 aliphatic rings. The molecule has 160 valence electrons. The van der Waals surface area contributed by atoms with Crippen LogP contribution in [0.15, 0.2) is 78.8 Å². The first-order valence-electron chi connectivity index (χ1n) is 9.05. The lowest BCUT2D eigenvalue weighted by atomic mass is 10.1. The number of quaternary nitrogens is 1. The minimum absolute atomic E-state index is 0.0516. The number of nitriles is 1. The number of benzene rings is 2. The first-order chi connectivity index (χ1) is 15.2. The maximum Gasteiger partial charge on any atom is 0.421 e. The quantitative estimate of drug-likeness (QED) is 0.357. The molecule has 0 saturated carbocycles. The molecule has 0 saturated heterocycles. The third-order valence-corrected chi connectivity index (χ3v) is 4.79. The third-order valence-electron chi connectivity index (χ3n) is 4.56. The lowest BCUT2D eigenvalue weighted by Gasteiger charge is -2.29. The van der Waals surface area contributed by atoms with Crippen molar-refractivity contribution in [2.45, 2.75) is 6.18 Å². The van der Waals surface area contributed by atoms with Crippen LogP contribution < -0.4 is 14.0 Å². The molecule has 1 aromatic heterocycles. The standard InChI is InChI=1S/C22H12ClF3N3O3/c23-14-3-1-4-15(11-14)29(13-27)12-19(21(29)30)31-16-6-8-17(9-7-16)32-20-18(22(24,25)26)5-2-10-28-20/h1-12H/q+1. The molecule has 10 heteroatoms. The molecule has 6 nitrogen and oxygen atoms in total. The molecule has 4 rings (SSSR count). The summed E-state index contributed by atoms with van der Waals surface area (Å²) in [6.45, 7) is 0. The van der Waals surface area contributed by atoms with Gasteiger partial charge in [0.25, 0.3) is 5.76 Å². The molecule has 1 atom stereocenters. The van der Waals surface area contributed by atoms with E-state index in [0.29, 0.717) is 10.7 Å². The van der Waals surface area contributed by atoms with Crippen LogP contribution in [0.4, 0.5) is 18.9 Å². The van der Waals surface area contributed by atoms with Gasteiger partial charge in [-0.05, 0) is 42.5 Å². The van der Waals surface area contributed by atoms with E-state index in [2.05, 4.69) is 4.98 Å². The zero-order valence-electron chi connectivity index (χ0n) is 16.0. The second-order valence-electron chi connectivity index (χ2n) is 6.63. The van der Waals surface area contributed by atoms with Crippen molar-refractivity contribution in [1.82, 2.24) is 9.47 Å². The Labute approximate surface area is 184 Å². The number of rotatable bonds is 5. The van der Waals surface area contributed by atoms with Gasteiger partial charge in [-0.1, -0.05) is 22.2 Å². The number of nitrogens with zero attached hydrogens (tertiary/aromatic N) is 3. The van der Waals surface area contributed by atoms with Crippen LogP contribution in [0.5, 0.6) is 17.4 Å². The topological polar surface area (TPSA) is 72.2 Å². The molecule has 0 N–H and O–H groups in total. The molecule has 1 aliphatic heterocycles. The number of halogens is 4. The largest absolute Gasteiger partial charge is 0.443 e. The van der Waals surface area contributed by atoms with Gasteiger partial charge in [-0.3, -0.25) is 0 Å². The smallest absolute Gasteiger partial charge is 0.421 e. The van der Waals surface area contributed by atoms with Crippen LogP contribution in [-0.4, -0.2) is 10.9 Å². The summed E-state index contributed by atoms with van der Waals surface area (Å²) in [7, 11) is 0. The predicted octanol–water partition coefficient (Wildman–Crippen LogP) is 5.80. The molecule has 2 heterocycles. The van der Waals surface area contributed by atoms with Gasteiger partial charge in [0.2, 0.25) is 5.88 Å². The van der Waals surface area contributed by atoms with Gasteiger partial charge in [0.05, 0.1) is 0 Å². The highest BCUT2D eigenvalue weighted by molar-refractivity contribution is 6.31. The van der Waals surface area contributed by atoms with Crippen molar-refractivity contribution in [3.8, 4) is 23.6 Å². The van der Waals surface area contributed by atoms with Crippen molar-refractivity contribution in [2.75, 3.05) is 0 Å². The third kappa shape index (κ3) is 3.89. The minimum atomic E-state index is -4.61. The van der Waals surface area contributed by atoms with Crippen LogP contribution >= 0.6 is 11.6 Å². The molecule has 1 amide bonds. The van der Waals surface area contributed by atoms with Crippen molar-refractivity contribution in [3.63, 3.8) is 0 Å². The fourth-order valence-electron chi connectivity index (χ4n) is 2.99. The summed E-state index contributed by atoms with van der Waals surface area (Å²) in [5.41, 5.74) is -0.630. The Bertz CT molecular complexity index is 1270. The lowest BCUT2D eigenvalue weighted by Crippen LogP contribution is -2.54. The maximum absolute atomic E-state index is 13.1. The monoisotopic (exact) mass is 458 g/mol. The van der Waals surface area contributed by atoms with Crippen LogP contribution in [0.3, 0.4) is 0 Å². The molecule has 0 spiro atoms. The second kappa shape index (κ2) is 8.00. The van der Waals surface area contributed by atoms with Crippen LogP contribution in [0.25, 0.3) is 0 Å². The van der Waals surface area contributed by atoms with E-state index in [-0.39, 0.29) is 17.3 Å². The Morgan fingerprint density at radius 1 is 1.00 bits per heavy atom. The van der Waals surface area contributed by atoms with Crippen LogP contribution in [-0.2, 0) is 11.0 Å². The van der Waals surface area contributed by atoms with Gasteiger partial charge in [0.1, 0.15) is 17.1 Å². The zero-order valence-corrected chi connectivity index (χ0v) is 16.8. The highest BCUT2D eigenvalue weighted by Crippen LogP contribution is 2.38. The summed E-state index contributed by atoms with van der Waals surface area (Å²) in [4.78, 5) is 16.3. The highest BCUT2D eigenvalue weighted by Gasteiger charge is 2.53. The van der Waals surface area contributed by atoms with E-state index in [1.165, 1.54) is 48.8 Å². The number of hydrogen-bond acceptors (Lipinski definition) is 5. The van der Waals surface area contributed by atoms with Crippen molar-refractivity contribution in [1.29, 1.82) is 5.26 Å². The van der Waals surface area contributed by atoms with Crippen LogP contribution in [0.1, 0.15) is 5.56 Å². The van der Waals surface area contributed by atoms with E-state index >= 15 is 0 Å². The predicted molar refractivity (Wildman–Crippen MR) is 108 cm³/mol. The van der Waals surface area contributed by atoms with Gasteiger partial charge in [-0.2, -0.15) is 13.2 Å². The number of pyridine rings is 1. The molecule has 0 fully saturated rings. The number of hydrogen-bond donors (Lipinski definition) is 0. The van der Waals surface area contributed by atoms with Gasteiger partial charge < -0.3 is 9.47 Å². The van der Waals surface area contributed by atoms with Crippen molar-refractivity contribution < 1.29 is 27.4 Å². The zero-order chi connectivity index (χ0) is 22.9. The number of amides is 1. The molecule has 0 radical (unpaired) electrons. The summed E-state index contributed by atoms with van der Waals surface area (Å²) >= 11 is 5.95. The van der Waals surface area contributed by atoms with Gasteiger partial charge in [-0.15, -0.1) is 5.26 Å². The lowest BCUT2D eigenvalue weighted by molar-refractivity contribution is -0.138. The highest BCUT2D eigenvalue weighted by atomic mass is 35.5. The molecule has 2 aromatic carbocycles. The average molecular weight is 459 g/mol. The molecule has 0 bridgehead atoms. The summed E-state index contributed by atoms with van der Waals surface area (Å²) in [5, 5.41) is 9.92. The summed E-state index contributed by atoms with van der Waals surface area (Å²) < 4.78 is 49.3. The summed E-state index contributed by atoms with van der Waals surface area (Å²) in [6, 6.07) is 14.0. The molecular weight excluding hydrogens is 447 g/mol. The maximum atomic E-state index is 13.1. The van der Waals surface area contributed by atoms with E-state index in [4.69, 9.17) is 21.1 Å². The van der Waals surface area contributed by atoms with Crippen LogP contribution in [0.2, 0.25) is 5.02 Å².